The molecule has 0 atom stereocenters. The standard InChI is InChI=1S/C20H20BrN3O3/c1-14-23-19(27-24-14)11-6-12-22-20(25)16-8-3-5-10-18(16)26-13-15-7-2-4-9-17(15)21/h2-5,7-10H,6,11-13H2,1H3,(H,22,25). The first kappa shape index (κ1) is 19.1. The second-order valence-corrected chi connectivity index (χ2v) is 6.83. The Balaban J connectivity index is 1.54. The molecule has 27 heavy (non-hydrogen) atoms. The lowest BCUT2D eigenvalue weighted by atomic mass is 10.1. The first-order valence-electron chi connectivity index (χ1n) is 8.66. The number of para-hydroxylation sites is 1. The second kappa shape index (κ2) is 9.32. The van der Waals surface area contributed by atoms with Crippen molar-refractivity contribution in [3.8, 4) is 5.75 Å². The molecule has 0 saturated carbocycles. The summed E-state index contributed by atoms with van der Waals surface area (Å²) in [5.74, 6) is 1.59. The van der Waals surface area contributed by atoms with Gasteiger partial charge in [-0.15, -0.1) is 0 Å². The minimum atomic E-state index is -0.167. The Morgan fingerprint density at radius 1 is 1.19 bits per heavy atom. The fourth-order valence-electron chi connectivity index (χ4n) is 2.53. The molecule has 0 fully saturated rings. The van der Waals surface area contributed by atoms with Crippen molar-refractivity contribution in [1.29, 1.82) is 0 Å². The number of carbonyl (C=O) groups is 1. The molecule has 7 heteroatoms. The molecule has 1 heterocycles. The van der Waals surface area contributed by atoms with Crippen LogP contribution in [0.2, 0.25) is 0 Å². The number of amides is 1. The zero-order valence-electron chi connectivity index (χ0n) is 14.9. The Morgan fingerprint density at radius 2 is 1.96 bits per heavy atom. The van der Waals surface area contributed by atoms with Crippen molar-refractivity contribution in [2.75, 3.05) is 6.54 Å². The van der Waals surface area contributed by atoms with Crippen molar-refractivity contribution in [3.05, 3.63) is 75.8 Å². The molecule has 0 spiro atoms. The van der Waals surface area contributed by atoms with Gasteiger partial charge in [0.1, 0.15) is 12.4 Å². The van der Waals surface area contributed by atoms with E-state index >= 15 is 0 Å². The SMILES string of the molecule is Cc1noc(CCCNC(=O)c2ccccc2OCc2ccccc2Br)n1. The van der Waals surface area contributed by atoms with Crippen molar-refractivity contribution in [2.45, 2.75) is 26.4 Å². The van der Waals surface area contributed by atoms with Gasteiger partial charge in [-0.1, -0.05) is 51.4 Å². The molecule has 0 aliphatic rings. The highest BCUT2D eigenvalue weighted by molar-refractivity contribution is 9.10. The van der Waals surface area contributed by atoms with E-state index in [1.54, 1.807) is 19.1 Å². The van der Waals surface area contributed by atoms with Gasteiger partial charge in [-0.3, -0.25) is 4.79 Å². The Labute approximate surface area is 166 Å². The maximum Gasteiger partial charge on any atom is 0.255 e. The first-order valence-corrected chi connectivity index (χ1v) is 9.45. The summed E-state index contributed by atoms with van der Waals surface area (Å²) < 4.78 is 11.9. The summed E-state index contributed by atoms with van der Waals surface area (Å²) in [6.45, 7) is 2.67. The molecule has 1 N–H and O–H groups in total. The van der Waals surface area contributed by atoms with Gasteiger partial charge in [0.15, 0.2) is 5.82 Å². The molecule has 0 aliphatic carbocycles. The zero-order valence-corrected chi connectivity index (χ0v) is 16.5. The van der Waals surface area contributed by atoms with E-state index < -0.39 is 0 Å². The lowest BCUT2D eigenvalue weighted by molar-refractivity contribution is 0.0948. The van der Waals surface area contributed by atoms with Gasteiger partial charge in [-0.25, -0.2) is 0 Å². The average Bonchev–Trinajstić information content (AvgIpc) is 3.10. The van der Waals surface area contributed by atoms with E-state index in [9.17, 15) is 4.79 Å². The van der Waals surface area contributed by atoms with Gasteiger partial charge in [0.25, 0.3) is 5.91 Å². The summed E-state index contributed by atoms with van der Waals surface area (Å²) in [6.07, 6.45) is 1.34. The van der Waals surface area contributed by atoms with E-state index in [2.05, 4.69) is 31.4 Å². The molecule has 0 bridgehead atoms. The summed E-state index contributed by atoms with van der Waals surface area (Å²) in [6, 6.07) is 15.1. The van der Waals surface area contributed by atoms with Gasteiger partial charge in [0.2, 0.25) is 5.89 Å². The lowest BCUT2D eigenvalue weighted by Gasteiger charge is -2.12. The van der Waals surface area contributed by atoms with E-state index in [1.807, 2.05) is 36.4 Å². The maximum absolute atomic E-state index is 12.5. The van der Waals surface area contributed by atoms with E-state index in [4.69, 9.17) is 9.26 Å². The summed E-state index contributed by atoms with van der Waals surface area (Å²) in [5, 5.41) is 6.66. The van der Waals surface area contributed by atoms with Crippen LogP contribution in [0.5, 0.6) is 5.75 Å². The predicted octanol–water partition coefficient (Wildman–Crippen LogP) is 4.08. The highest BCUT2D eigenvalue weighted by atomic mass is 79.9. The number of rotatable bonds is 8. The van der Waals surface area contributed by atoms with Crippen LogP contribution in [0.1, 0.15) is 34.1 Å². The van der Waals surface area contributed by atoms with Gasteiger partial charge in [-0.2, -0.15) is 4.98 Å². The number of halogens is 1. The van der Waals surface area contributed by atoms with Crippen molar-refractivity contribution in [1.82, 2.24) is 15.5 Å². The largest absolute Gasteiger partial charge is 0.488 e. The van der Waals surface area contributed by atoms with Gasteiger partial charge >= 0.3 is 0 Å². The Hall–Kier alpha value is -2.67. The quantitative estimate of drug-likeness (QED) is 0.545. The lowest BCUT2D eigenvalue weighted by Crippen LogP contribution is -2.25. The molecule has 0 saturated heterocycles. The topological polar surface area (TPSA) is 77.2 Å². The average molecular weight is 430 g/mol. The number of aryl methyl sites for hydroxylation is 2. The Kier molecular flexibility index (Phi) is 6.59. The third-order valence-electron chi connectivity index (χ3n) is 3.90. The number of ether oxygens (including phenoxy) is 1. The third-order valence-corrected chi connectivity index (χ3v) is 4.67. The van der Waals surface area contributed by atoms with Gasteiger partial charge in [-0.05, 0) is 31.5 Å². The molecule has 1 amide bonds. The third kappa shape index (κ3) is 5.40. The molecule has 1 aromatic heterocycles. The summed E-state index contributed by atoms with van der Waals surface area (Å²) in [4.78, 5) is 16.7. The van der Waals surface area contributed by atoms with Crippen LogP contribution in [0.4, 0.5) is 0 Å². The van der Waals surface area contributed by atoms with E-state index in [0.29, 0.717) is 49.0 Å². The van der Waals surface area contributed by atoms with E-state index in [0.717, 1.165) is 10.0 Å². The van der Waals surface area contributed by atoms with Crippen molar-refractivity contribution in [2.24, 2.45) is 0 Å². The van der Waals surface area contributed by atoms with Crippen LogP contribution in [-0.2, 0) is 13.0 Å². The van der Waals surface area contributed by atoms with Crippen LogP contribution in [0.15, 0.2) is 57.5 Å². The fourth-order valence-corrected chi connectivity index (χ4v) is 2.93. The molecule has 0 aliphatic heterocycles. The predicted molar refractivity (Wildman–Crippen MR) is 105 cm³/mol. The summed E-state index contributed by atoms with van der Waals surface area (Å²) in [5.41, 5.74) is 1.53. The monoisotopic (exact) mass is 429 g/mol. The van der Waals surface area contributed by atoms with Crippen LogP contribution >= 0.6 is 15.9 Å². The van der Waals surface area contributed by atoms with Gasteiger partial charge in [0.05, 0.1) is 5.56 Å². The highest BCUT2D eigenvalue weighted by Gasteiger charge is 2.12. The molecule has 3 aromatic rings. The molecule has 0 radical (unpaired) electrons. The maximum atomic E-state index is 12.5. The van der Waals surface area contributed by atoms with Gasteiger partial charge in [0, 0.05) is 23.0 Å². The van der Waals surface area contributed by atoms with Crippen LogP contribution in [0.3, 0.4) is 0 Å². The molecular weight excluding hydrogens is 410 g/mol. The van der Waals surface area contributed by atoms with Crippen LogP contribution < -0.4 is 10.1 Å². The summed E-state index contributed by atoms with van der Waals surface area (Å²) in [7, 11) is 0. The van der Waals surface area contributed by atoms with Crippen LogP contribution in [0, 0.1) is 6.92 Å². The molecule has 3 rings (SSSR count). The Bertz CT molecular complexity index is 911. The van der Waals surface area contributed by atoms with Crippen LogP contribution in [-0.4, -0.2) is 22.6 Å². The molecule has 6 nitrogen and oxygen atoms in total. The number of benzene rings is 2. The second-order valence-electron chi connectivity index (χ2n) is 5.97. The van der Waals surface area contributed by atoms with Crippen LogP contribution in [0.25, 0.3) is 0 Å². The Morgan fingerprint density at radius 3 is 2.74 bits per heavy atom. The zero-order chi connectivity index (χ0) is 19.1. The number of hydrogen-bond donors (Lipinski definition) is 1. The van der Waals surface area contributed by atoms with Crippen molar-refractivity contribution < 1.29 is 14.1 Å². The van der Waals surface area contributed by atoms with Gasteiger partial charge < -0.3 is 14.6 Å². The number of hydrogen-bond acceptors (Lipinski definition) is 5. The number of aromatic nitrogens is 2. The number of nitrogens with zero attached hydrogens (tertiary/aromatic N) is 2. The van der Waals surface area contributed by atoms with Crippen molar-refractivity contribution in [3.63, 3.8) is 0 Å². The summed E-state index contributed by atoms with van der Waals surface area (Å²) >= 11 is 3.50. The first-order chi connectivity index (χ1) is 13.1. The molecule has 2 aromatic carbocycles. The highest BCUT2D eigenvalue weighted by Crippen LogP contribution is 2.22. The number of carbonyl (C=O) groups excluding carboxylic acids is 1. The van der Waals surface area contributed by atoms with E-state index in [1.165, 1.54) is 0 Å². The normalized spacial score (nSPS) is 10.6. The van der Waals surface area contributed by atoms with E-state index in [-0.39, 0.29) is 5.91 Å². The smallest absolute Gasteiger partial charge is 0.255 e. The minimum Gasteiger partial charge on any atom is -0.488 e. The minimum absolute atomic E-state index is 0.167. The number of nitrogens with one attached hydrogen (secondary N) is 1. The molecule has 0 unspecified atom stereocenters. The fraction of sp³-hybridized carbons (Fsp3) is 0.250. The molecular formula is C20H20BrN3O3. The van der Waals surface area contributed by atoms with Crippen molar-refractivity contribution >= 4 is 21.8 Å². The molecule has 140 valence electrons.